The molecule has 1 N–H and O–H groups in total. The number of aliphatic hydroxyl groups excluding tert-OH is 1. The number of rotatable bonds is 5. The molecule has 1 aromatic carbocycles. The van der Waals surface area contributed by atoms with Gasteiger partial charge in [0.2, 0.25) is 0 Å². The van der Waals surface area contributed by atoms with Crippen molar-refractivity contribution in [2.24, 2.45) is 0 Å². The zero-order valence-corrected chi connectivity index (χ0v) is 16.7. The molecule has 1 aliphatic rings. The Morgan fingerprint density at radius 3 is 2.68 bits per heavy atom. The Bertz CT molecular complexity index is 958. The monoisotopic (exact) mass is 376 g/mol. The highest BCUT2D eigenvalue weighted by Gasteiger charge is 2.28. The van der Waals surface area contributed by atoms with Crippen molar-refractivity contribution >= 4 is 16.6 Å². The van der Waals surface area contributed by atoms with E-state index in [2.05, 4.69) is 63.1 Å². The van der Waals surface area contributed by atoms with Gasteiger partial charge in [-0.3, -0.25) is 14.9 Å². The van der Waals surface area contributed by atoms with E-state index in [0.717, 1.165) is 55.2 Å². The largest absolute Gasteiger partial charge is 0.396 e. The molecule has 28 heavy (non-hydrogen) atoms. The molecule has 0 unspecified atom stereocenters. The molecular formula is C23H28N4O. The first-order chi connectivity index (χ1) is 13.6. The zero-order valence-electron chi connectivity index (χ0n) is 16.7. The van der Waals surface area contributed by atoms with Crippen molar-refractivity contribution in [3.05, 3.63) is 65.6 Å². The molecule has 0 aliphatic carbocycles. The molecule has 5 nitrogen and oxygen atoms in total. The fourth-order valence-electron chi connectivity index (χ4n) is 4.19. The maximum absolute atomic E-state index is 9.65. The van der Waals surface area contributed by atoms with E-state index < -0.39 is 0 Å². The van der Waals surface area contributed by atoms with Crippen LogP contribution < -0.4 is 4.90 Å². The van der Waals surface area contributed by atoms with Crippen molar-refractivity contribution in [2.45, 2.75) is 32.9 Å². The van der Waals surface area contributed by atoms with Crippen molar-refractivity contribution in [1.82, 2.24) is 14.9 Å². The smallest absolute Gasteiger partial charge is 0.0726 e. The van der Waals surface area contributed by atoms with Gasteiger partial charge in [0, 0.05) is 61.3 Å². The van der Waals surface area contributed by atoms with E-state index in [9.17, 15) is 5.11 Å². The molecule has 4 rings (SSSR count). The van der Waals surface area contributed by atoms with Gasteiger partial charge in [0.1, 0.15) is 0 Å². The highest BCUT2D eigenvalue weighted by atomic mass is 16.3. The summed E-state index contributed by atoms with van der Waals surface area (Å²) in [5.74, 6) is 0. The molecule has 3 aromatic rings. The summed E-state index contributed by atoms with van der Waals surface area (Å²) < 4.78 is 0. The predicted octanol–water partition coefficient (Wildman–Crippen LogP) is 3.32. The van der Waals surface area contributed by atoms with E-state index >= 15 is 0 Å². The van der Waals surface area contributed by atoms with Crippen molar-refractivity contribution in [1.29, 1.82) is 0 Å². The third-order valence-corrected chi connectivity index (χ3v) is 5.54. The maximum Gasteiger partial charge on any atom is 0.0726 e. The molecular weight excluding hydrogens is 348 g/mol. The van der Waals surface area contributed by atoms with E-state index in [1.165, 1.54) is 11.1 Å². The van der Waals surface area contributed by atoms with Crippen LogP contribution in [0.25, 0.3) is 10.9 Å². The standard InChI is InChI=1S/C23H28N4O/c1-17-6-5-7-19(24-17)15-26-11-12-27(16-20(26)10-13-28)23-14-18(2)25-22-9-4-3-8-21(22)23/h3-9,14,20,28H,10-13,15-16H2,1-2H3/t20-/m0/s1. The van der Waals surface area contributed by atoms with Crippen LogP contribution in [0, 0.1) is 13.8 Å². The lowest BCUT2D eigenvalue weighted by atomic mass is 10.1. The summed E-state index contributed by atoms with van der Waals surface area (Å²) in [6.45, 7) is 7.93. The first kappa shape index (κ1) is 18.8. The third kappa shape index (κ3) is 4.01. The number of aryl methyl sites for hydroxylation is 2. The average Bonchev–Trinajstić information content (AvgIpc) is 2.69. The second-order valence-electron chi connectivity index (χ2n) is 7.65. The molecule has 0 radical (unpaired) electrons. The molecule has 146 valence electrons. The Labute approximate surface area is 166 Å². The van der Waals surface area contributed by atoms with Crippen molar-refractivity contribution in [2.75, 3.05) is 31.1 Å². The number of aliphatic hydroxyl groups is 1. The molecule has 0 bridgehead atoms. The van der Waals surface area contributed by atoms with E-state index in [1.807, 2.05) is 19.1 Å². The molecule has 0 spiro atoms. The van der Waals surface area contributed by atoms with E-state index in [0.29, 0.717) is 6.04 Å². The van der Waals surface area contributed by atoms with Crippen LogP contribution in [0.3, 0.4) is 0 Å². The molecule has 3 heterocycles. The summed E-state index contributed by atoms with van der Waals surface area (Å²) in [5, 5.41) is 10.8. The normalized spacial score (nSPS) is 18.0. The number of benzene rings is 1. The number of anilines is 1. The summed E-state index contributed by atoms with van der Waals surface area (Å²) in [6, 6.07) is 17.0. The average molecular weight is 377 g/mol. The number of pyridine rings is 2. The van der Waals surface area contributed by atoms with Gasteiger partial charge in [-0.15, -0.1) is 0 Å². The Morgan fingerprint density at radius 2 is 1.86 bits per heavy atom. The van der Waals surface area contributed by atoms with E-state index in [1.54, 1.807) is 0 Å². The van der Waals surface area contributed by atoms with Crippen LogP contribution >= 0.6 is 0 Å². The van der Waals surface area contributed by atoms with Crippen LogP contribution in [0.4, 0.5) is 5.69 Å². The van der Waals surface area contributed by atoms with Gasteiger partial charge in [-0.2, -0.15) is 0 Å². The summed E-state index contributed by atoms with van der Waals surface area (Å²) in [4.78, 5) is 14.3. The number of fused-ring (bicyclic) bond motifs is 1. The molecule has 1 atom stereocenters. The first-order valence-corrected chi connectivity index (χ1v) is 10.0. The highest BCUT2D eigenvalue weighted by Crippen LogP contribution is 2.29. The molecule has 1 saturated heterocycles. The van der Waals surface area contributed by atoms with Gasteiger partial charge < -0.3 is 10.0 Å². The number of para-hydroxylation sites is 1. The van der Waals surface area contributed by atoms with Crippen LogP contribution in [0.2, 0.25) is 0 Å². The summed E-state index contributed by atoms with van der Waals surface area (Å²) >= 11 is 0. The molecule has 0 amide bonds. The van der Waals surface area contributed by atoms with Gasteiger partial charge in [-0.25, -0.2) is 0 Å². The maximum atomic E-state index is 9.65. The van der Waals surface area contributed by atoms with Crippen LogP contribution in [0.5, 0.6) is 0 Å². The fraction of sp³-hybridized carbons (Fsp3) is 0.391. The molecule has 1 fully saturated rings. The summed E-state index contributed by atoms with van der Waals surface area (Å²) in [5.41, 5.74) is 5.48. The predicted molar refractivity (Wildman–Crippen MR) is 114 cm³/mol. The SMILES string of the molecule is Cc1cccc(CN2CCN(c3cc(C)nc4ccccc34)C[C@@H]2CCO)n1. The minimum absolute atomic E-state index is 0.201. The molecule has 5 heteroatoms. The number of aromatic nitrogens is 2. The highest BCUT2D eigenvalue weighted by molar-refractivity contribution is 5.92. The zero-order chi connectivity index (χ0) is 19.5. The van der Waals surface area contributed by atoms with Gasteiger partial charge in [-0.05, 0) is 44.5 Å². The van der Waals surface area contributed by atoms with Crippen LogP contribution in [-0.4, -0.2) is 52.3 Å². The van der Waals surface area contributed by atoms with Crippen molar-refractivity contribution in [3.63, 3.8) is 0 Å². The van der Waals surface area contributed by atoms with Gasteiger partial charge in [0.15, 0.2) is 0 Å². The number of piperazine rings is 1. The van der Waals surface area contributed by atoms with Gasteiger partial charge in [0.25, 0.3) is 0 Å². The fourth-order valence-corrected chi connectivity index (χ4v) is 4.19. The second-order valence-corrected chi connectivity index (χ2v) is 7.65. The van der Waals surface area contributed by atoms with Crippen LogP contribution in [0.1, 0.15) is 23.5 Å². The number of hydrogen-bond acceptors (Lipinski definition) is 5. The van der Waals surface area contributed by atoms with E-state index in [-0.39, 0.29) is 6.61 Å². The number of hydrogen-bond donors (Lipinski definition) is 1. The Balaban J connectivity index is 1.58. The first-order valence-electron chi connectivity index (χ1n) is 10.0. The van der Waals surface area contributed by atoms with Crippen molar-refractivity contribution < 1.29 is 5.11 Å². The molecule has 1 aliphatic heterocycles. The lowest BCUT2D eigenvalue weighted by molar-refractivity contribution is 0.134. The minimum Gasteiger partial charge on any atom is -0.396 e. The van der Waals surface area contributed by atoms with Gasteiger partial charge >= 0.3 is 0 Å². The van der Waals surface area contributed by atoms with Crippen molar-refractivity contribution in [3.8, 4) is 0 Å². The molecule has 0 saturated carbocycles. The van der Waals surface area contributed by atoms with Gasteiger partial charge in [-0.1, -0.05) is 24.3 Å². The Kier molecular flexibility index (Phi) is 5.55. The Hall–Kier alpha value is -2.50. The van der Waals surface area contributed by atoms with E-state index in [4.69, 9.17) is 0 Å². The summed E-state index contributed by atoms with van der Waals surface area (Å²) in [7, 11) is 0. The summed E-state index contributed by atoms with van der Waals surface area (Å²) in [6.07, 6.45) is 0.768. The third-order valence-electron chi connectivity index (χ3n) is 5.54. The quantitative estimate of drug-likeness (QED) is 0.740. The lowest BCUT2D eigenvalue weighted by Crippen LogP contribution is -2.53. The second kappa shape index (κ2) is 8.25. The Morgan fingerprint density at radius 1 is 1.00 bits per heavy atom. The lowest BCUT2D eigenvalue weighted by Gasteiger charge is -2.42. The van der Waals surface area contributed by atoms with Gasteiger partial charge in [0.05, 0.1) is 11.2 Å². The molecule has 2 aromatic heterocycles. The topological polar surface area (TPSA) is 52.5 Å². The van der Waals surface area contributed by atoms with Crippen LogP contribution in [0.15, 0.2) is 48.5 Å². The number of nitrogens with zero attached hydrogens (tertiary/aromatic N) is 4. The van der Waals surface area contributed by atoms with Crippen LogP contribution in [-0.2, 0) is 6.54 Å². The minimum atomic E-state index is 0.201.